The molecule has 1 N–H and O–H groups in total. The summed E-state index contributed by atoms with van der Waals surface area (Å²) in [7, 11) is -3.15. The largest absolute Gasteiger partial charge is 0.497 e. The molecule has 3 aromatic carbocycles. The van der Waals surface area contributed by atoms with Crippen LogP contribution < -0.4 is 10.3 Å². The van der Waals surface area contributed by atoms with Gasteiger partial charge >= 0.3 is 6.18 Å². The molecule has 0 bridgehead atoms. The van der Waals surface area contributed by atoms with Crippen LogP contribution in [0.25, 0.3) is 10.9 Å². The fourth-order valence-corrected chi connectivity index (χ4v) is 5.77. The number of aryl methyl sites for hydroxylation is 1. The smallest absolute Gasteiger partial charge is 0.417 e. The van der Waals surface area contributed by atoms with Crippen LogP contribution in [0.3, 0.4) is 0 Å². The van der Waals surface area contributed by atoms with Gasteiger partial charge in [-0.05, 0) is 55.3 Å². The third kappa shape index (κ3) is 5.86. The summed E-state index contributed by atoms with van der Waals surface area (Å²) in [5, 5.41) is 0.598. The number of fused-ring (bicyclic) bond motifs is 1. The van der Waals surface area contributed by atoms with E-state index in [-0.39, 0.29) is 18.5 Å². The van der Waals surface area contributed by atoms with Crippen LogP contribution in [0.4, 0.5) is 13.2 Å². The topological polar surface area (TPSA) is 79.5 Å². The zero-order valence-electron chi connectivity index (χ0n) is 20.2. The van der Waals surface area contributed by atoms with Gasteiger partial charge in [0, 0.05) is 29.6 Å². The first-order valence-electron chi connectivity index (χ1n) is 11.4. The second-order valence-corrected chi connectivity index (χ2v) is 10.6. The number of ether oxygens (including phenoxy) is 1. The molecule has 4 aromatic rings. The number of benzene rings is 3. The Bertz CT molecular complexity index is 1600. The SMILES string of the molecule is COc1ccc2[nH]c(=O)c(CN(CCc3cccc(C)c3)S(=O)(=O)c3ccccc3C(F)(F)F)cc2c1. The van der Waals surface area contributed by atoms with Gasteiger partial charge < -0.3 is 9.72 Å². The number of aromatic amines is 1. The molecule has 0 aliphatic carbocycles. The maximum absolute atomic E-state index is 13.7. The van der Waals surface area contributed by atoms with Gasteiger partial charge in [0.2, 0.25) is 10.0 Å². The summed E-state index contributed by atoms with van der Waals surface area (Å²) in [4.78, 5) is 14.7. The third-order valence-electron chi connectivity index (χ3n) is 6.02. The molecule has 6 nitrogen and oxygen atoms in total. The summed E-state index contributed by atoms with van der Waals surface area (Å²) in [6, 6.07) is 18.0. The first-order chi connectivity index (χ1) is 17.5. The van der Waals surface area contributed by atoms with Crippen molar-refractivity contribution < 1.29 is 26.3 Å². The van der Waals surface area contributed by atoms with Crippen molar-refractivity contribution in [1.29, 1.82) is 0 Å². The van der Waals surface area contributed by atoms with Crippen molar-refractivity contribution in [2.75, 3.05) is 13.7 Å². The van der Waals surface area contributed by atoms with Gasteiger partial charge in [-0.1, -0.05) is 42.0 Å². The number of sulfonamides is 1. The first-order valence-corrected chi connectivity index (χ1v) is 12.8. The fourth-order valence-electron chi connectivity index (χ4n) is 4.13. The van der Waals surface area contributed by atoms with Crippen molar-refractivity contribution in [1.82, 2.24) is 9.29 Å². The Kier molecular flexibility index (Phi) is 7.42. The molecule has 194 valence electrons. The van der Waals surface area contributed by atoms with Crippen LogP contribution in [0.2, 0.25) is 0 Å². The van der Waals surface area contributed by atoms with E-state index in [1.807, 2.05) is 31.2 Å². The van der Waals surface area contributed by atoms with Crippen LogP contribution >= 0.6 is 0 Å². The van der Waals surface area contributed by atoms with E-state index in [9.17, 15) is 26.4 Å². The van der Waals surface area contributed by atoms with Crippen LogP contribution in [0, 0.1) is 6.92 Å². The lowest BCUT2D eigenvalue weighted by Gasteiger charge is -2.24. The molecule has 0 fully saturated rings. The van der Waals surface area contributed by atoms with Gasteiger partial charge in [-0.15, -0.1) is 0 Å². The number of nitrogens with zero attached hydrogens (tertiary/aromatic N) is 1. The van der Waals surface area contributed by atoms with E-state index < -0.39 is 38.8 Å². The van der Waals surface area contributed by atoms with Crippen LogP contribution in [0.5, 0.6) is 5.75 Å². The van der Waals surface area contributed by atoms with E-state index in [2.05, 4.69) is 4.98 Å². The van der Waals surface area contributed by atoms with E-state index in [4.69, 9.17) is 4.74 Å². The molecule has 0 aliphatic heterocycles. The summed E-state index contributed by atoms with van der Waals surface area (Å²) in [5.74, 6) is 0.536. The Balaban J connectivity index is 1.79. The monoisotopic (exact) mass is 530 g/mol. The van der Waals surface area contributed by atoms with Crippen molar-refractivity contribution in [3.8, 4) is 5.75 Å². The van der Waals surface area contributed by atoms with E-state index >= 15 is 0 Å². The predicted octanol–water partition coefficient (Wildman–Crippen LogP) is 5.30. The molecule has 0 unspecified atom stereocenters. The molecule has 0 radical (unpaired) electrons. The summed E-state index contributed by atoms with van der Waals surface area (Å²) < 4.78 is 74.6. The maximum atomic E-state index is 13.7. The Hall–Kier alpha value is -3.63. The average molecular weight is 531 g/mol. The zero-order valence-corrected chi connectivity index (χ0v) is 21.0. The number of pyridine rings is 1. The van der Waals surface area contributed by atoms with Gasteiger partial charge in [0.05, 0.1) is 17.6 Å². The number of H-pyrrole nitrogens is 1. The van der Waals surface area contributed by atoms with Gasteiger partial charge in [-0.3, -0.25) is 4.79 Å². The van der Waals surface area contributed by atoms with Crippen molar-refractivity contribution in [2.24, 2.45) is 0 Å². The molecule has 0 atom stereocenters. The lowest BCUT2D eigenvalue weighted by molar-refractivity contribution is -0.139. The first kappa shape index (κ1) is 26.4. The zero-order chi connectivity index (χ0) is 26.8. The molecule has 10 heteroatoms. The van der Waals surface area contributed by atoms with Crippen molar-refractivity contribution in [3.05, 3.63) is 105 Å². The number of aromatic nitrogens is 1. The molecule has 1 aromatic heterocycles. The molecule has 0 aliphatic rings. The fraction of sp³-hybridized carbons (Fsp3) is 0.222. The second-order valence-electron chi connectivity index (χ2n) is 8.65. The highest BCUT2D eigenvalue weighted by Crippen LogP contribution is 2.35. The number of hydrogen-bond donors (Lipinski definition) is 1. The molecule has 0 amide bonds. The predicted molar refractivity (Wildman–Crippen MR) is 135 cm³/mol. The highest BCUT2D eigenvalue weighted by Gasteiger charge is 2.39. The van der Waals surface area contributed by atoms with Gasteiger partial charge in [-0.2, -0.15) is 17.5 Å². The van der Waals surface area contributed by atoms with Gasteiger partial charge in [0.25, 0.3) is 5.56 Å². The molecule has 1 heterocycles. The van der Waals surface area contributed by atoms with E-state index in [0.29, 0.717) is 16.7 Å². The quantitative estimate of drug-likeness (QED) is 0.336. The number of methoxy groups -OCH3 is 1. The second kappa shape index (κ2) is 10.4. The summed E-state index contributed by atoms with van der Waals surface area (Å²) in [6.45, 7) is 1.34. The number of hydrogen-bond acceptors (Lipinski definition) is 4. The standard InChI is InChI=1S/C27H25F3N2O4S/c1-18-6-5-7-19(14-18)12-13-32(37(34,35)25-9-4-3-8-23(25)27(28,29)30)17-21-15-20-16-22(36-2)10-11-24(20)31-26(21)33/h3-11,14-16H,12-13,17H2,1-2H3,(H,31,33). The number of alkyl halides is 3. The lowest BCUT2D eigenvalue weighted by Crippen LogP contribution is -2.35. The molecular formula is C27H25F3N2O4S. The van der Waals surface area contributed by atoms with Gasteiger partial charge in [0.1, 0.15) is 5.75 Å². The Morgan fingerprint density at radius 2 is 1.73 bits per heavy atom. The summed E-state index contributed by atoms with van der Waals surface area (Å²) >= 11 is 0. The van der Waals surface area contributed by atoms with E-state index in [1.165, 1.54) is 19.2 Å². The summed E-state index contributed by atoms with van der Waals surface area (Å²) in [5.41, 5.74) is 0.616. The summed E-state index contributed by atoms with van der Waals surface area (Å²) in [6.07, 6.45) is -4.63. The molecule has 0 saturated carbocycles. The van der Waals surface area contributed by atoms with Gasteiger partial charge in [0.15, 0.2) is 0 Å². The number of nitrogens with one attached hydrogen (secondary N) is 1. The molecular weight excluding hydrogens is 505 g/mol. The van der Waals surface area contributed by atoms with Crippen LogP contribution in [0.1, 0.15) is 22.3 Å². The van der Waals surface area contributed by atoms with Crippen molar-refractivity contribution in [3.63, 3.8) is 0 Å². The maximum Gasteiger partial charge on any atom is 0.417 e. The minimum absolute atomic E-state index is 0.0954. The van der Waals surface area contributed by atoms with E-state index in [1.54, 1.807) is 18.2 Å². The normalized spacial score (nSPS) is 12.3. The highest BCUT2D eigenvalue weighted by atomic mass is 32.2. The van der Waals surface area contributed by atoms with Crippen LogP contribution in [-0.4, -0.2) is 31.4 Å². The average Bonchev–Trinajstić information content (AvgIpc) is 2.86. The Morgan fingerprint density at radius 3 is 2.43 bits per heavy atom. The van der Waals surface area contributed by atoms with Crippen molar-refractivity contribution >= 4 is 20.9 Å². The van der Waals surface area contributed by atoms with Gasteiger partial charge in [-0.25, -0.2) is 8.42 Å². The van der Waals surface area contributed by atoms with Crippen LogP contribution in [-0.2, 0) is 29.2 Å². The molecule has 0 saturated heterocycles. The minimum atomic E-state index is -4.87. The van der Waals surface area contributed by atoms with Crippen molar-refractivity contribution in [2.45, 2.75) is 31.0 Å². The number of halogens is 3. The highest BCUT2D eigenvalue weighted by molar-refractivity contribution is 7.89. The minimum Gasteiger partial charge on any atom is -0.497 e. The Morgan fingerprint density at radius 1 is 0.973 bits per heavy atom. The molecule has 0 spiro atoms. The molecule has 4 rings (SSSR count). The lowest BCUT2D eigenvalue weighted by atomic mass is 10.1. The Labute approximate surface area is 212 Å². The van der Waals surface area contributed by atoms with E-state index in [0.717, 1.165) is 33.6 Å². The third-order valence-corrected chi connectivity index (χ3v) is 7.92. The molecule has 37 heavy (non-hydrogen) atoms. The van der Waals surface area contributed by atoms with Crippen LogP contribution in [0.15, 0.2) is 82.5 Å². The number of rotatable bonds is 8.